The number of ether oxygens (including phenoxy) is 1. The first-order valence-corrected chi connectivity index (χ1v) is 5.85. The van der Waals surface area contributed by atoms with Crippen molar-refractivity contribution in [2.24, 2.45) is 5.16 Å². The Kier molecular flexibility index (Phi) is 3.51. The standard InChI is InChI=1S/C11H16N2O5/c1-17-11(3-2-4-11)6-12-9(14)8-5-7(10(15)16)13-18-8/h8H,2-6H2,1H3,(H,12,14)(H,15,16). The number of amides is 1. The second kappa shape index (κ2) is 4.93. The number of oxime groups is 1. The Labute approximate surface area is 104 Å². The van der Waals surface area contributed by atoms with Crippen molar-refractivity contribution >= 4 is 17.6 Å². The molecule has 1 saturated carbocycles. The molecule has 0 radical (unpaired) electrons. The summed E-state index contributed by atoms with van der Waals surface area (Å²) in [7, 11) is 1.63. The summed E-state index contributed by atoms with van der Waals surface area (Å²) in [6, 6.07) is 0. The van der Waals surface area contributed by atoms with Gasteiger partial charge in [0.05, 0.1) is 5.60 Å². The van der Waals surface area contributed by atoms with Gasteiger partial charge in [0, 0.05) is 20.1 Å². The molecule has 1 amide bonds. The summed E-state index contributed by atoms with van der Waals surface area (Å²) < 4.78 is 5.37. The zero-order valence-corrected chi connectivity index (χ0v) is 10.1. The lowest BCUT2D eigenvalue weighted by Gasteiger charge is -2.40. The summed E-state index contributed by atoms with van der Waals surface area (Å²) in [5, 5.41) is 14.8. The van der Waals surface area contributed by atoms with E-state index >= 15 is 0 Å². The minimum absolute atomic E-state index is 0.00114. The van der Waals surface area contributed by atoms with E-state index in [1.165, 1.54) is 0 Å². The van der Waals surface area contributed by atoms with Crippen LogP contribution < -0.4 is 5.32 Å². The van der Waals surface area contributed by atoms with Crippen molar-refractivity contribution in [3.8, 4) is 0 Å². The van der Waals surface area contributed by atoms with Gasteiger partial charge in [-0.25, -0.2) is 4.79 Å². The van der Waals surface area contributed by atoms with Crippen LogP contribution >= 0.6 is 0 Å². The van der Waals surface area contributed by atoms with E-state index in [1.54, 1.807) is 7.11 Å². The Morgan fingerprint density at radius 1 is 1.61 bits per heavy atom. The molecule has 1 unspecified atom stereocenters. The molecule has 0 aromatic heterocycles. The summed E-state index contributed by atoms with van der Waals surface area (Å²) in [6.45, 7) is 0.421. The quantitative estimate of drug-likeness (QED) is 0.716. The van der Waals surface area contributed by atoms with Crippen LogP contribution in [-0.2, 0) is 19.2 Å². The minimum atomic E-state index is -1.15. The molecule has 100 valence electrons. The highest BCUT2D eigenvalue weighted by Crippen LogP contribution is 2.34. The topological polar surface area (TPSA) is 97.2 Å². The fourth-order valence-electron chi connectivity index (χ4n) is 2.03. The number of hydrogen-bond donors (Lipinski definition) is 2. The zero-order valence-electron chi connectivity index (χ0n) is 10.1. The maximum Gasteiger partial charge on any atom is 0.353 e. The van der Waals surface area contributed by atoms with E-state index in [2.05, 4.69) is 10.5 Å². The molecule has 0 aromatic carbocycles. The first-order chi connectivity index (χ1) is 8.56. The Morgan fingerprint density at radius 3 is 2.78 bits per heavy atom. The first kappa shape index (κ1) is 12.8. The van der Waals surface area contributed by atoms with Crippen molar-refractivity contribution in [3.05, 3.63) is 0 Å². The Morgan fingerprint density at radius 2 is 2.33 bits per heavy atom. The van der Waals surface area contributed by atoms with Crippen LogP contribution in [0, 0.1) is 0 Å². The lowest BCUT2D eigenvalue weighted by Crippen LogP contribution is -2.51. The molecule has 1 atom stereocenters. The van der Waals surface area contributed by atoms with Gasteiger partial charge in [0.1, 0.15) is 0 Å². The van der Waals surface area contributed by atoms with Gasteiger partial charge >= 0.3 is 5.97 Å². The number of carboxylic acids is 1. The third kappa shape index (κ3) is 2.45. The summed E-state index contributed by atoms with van der Waals surface area (Å²) in [5.74, 6) is -1.50. The van der Waals surface area contributed by atoms with Crippen molar-refractivity contribution in [2.75, 3.05) is 13.7 Å². The highest BCUT2D eigenvalue weighted by atomic mass is 16.6. The van der Waals surface area contributed by atoms with Crippen molar-refractivity contribution in [1.82, 2.24) is 5.32 Å². The molecule has 1 fully saturated rings. The third-order valence-electron chi connectivity index (χ3n) is 3.49. The third-order valence-corrected chi connectivity index (χ3v) is 3.49. The largest absolute Gasteiger partial charge is 0.477 e. The van der Waals surface area contributed by atoms with Crippen LogP contribution in [0.1, 0.15) is 25.7 Å². The normalized spacial score (nSPS) is 24.7. The number of nitrogens with zero attached hydrogens (tertiary/aromatic N) is 1. The molecule has 1 heterocycles. The van der Waals surface area contributed by atoms with Crippen molar-refractivity contribution in [1.29, 1.82) is 0 Å². The number of carbonyl (C=O) groups excluding carboxylic acids is 1. The number of hydrogen-bond acceptors (Lipinski definition) is 5. The lowest BCUT2D eigenvalue weighted by molar-refractivity contribution is -0.134. The van der Waals surface area contributed by atoms with Gasteiger partial charge < -0.3 is 20.0 Å². The molecule has 1 aliphatic carbocycles. The van der Waals surface area contributed by atoms with Crippen molar-refractivity contribution in [3.63, 3.8) is 0 Å². The molecule has 0 aromatic rings. The van der Waals surface area contributed by atoms with Crippen LogP contribution in [0.3, 0.4) is 0 Å². The Hall–Kier alpha value is -1.63. The Bertz CT molecular complexity index is 383. The summed E-state index contributed by atoms with van der Waals surface area (Å²) in [5.41, 5.74) is -0.384. The number of rotatable bonds is 5. The SMILES string of the molecule is COC1(CNC(=O)C2CC(C(=O)O)=NO2)CCC1. The Balaban J connectivity index is 1.78. The molecular formula is C11H16N2O5. The number of carbonyl (C=O) groups is 2. The molecule has 2 aliphatic rings. The molecule has 0 saturated heterocycles. The number of methoxy groups -OCH3 is 1. The maximum absolute atomic E-state index is 11.8. The van der Waals surface area contributed by atoms with E-state index in [0.29, 0.717) is 6.54 Å². The van der Waals surface area contributed by atoms with Gasteiger partial charge in [-0.05, 0) is 19.3 Å². The van der Waals surface area contributed by atoms with Gasteiger partial charge in [-0.1, -0.05) is 5.16 Å². The van der Waals surface area contributed by atoms with Gasteiger partial charge in [0.2, 0.25) is 6.10 Å². The van der Waals surface area contributed by atoms with E-state index in [0.717, 1.165) is 19.3 Å². The molecule has 7 heteroatoms. The molecule has 1 aliphatic heterocycles. The minimum Gasteiger partial charge on any atom is -0.477 e. The van der Waals surface area contributed by atoms with Gasteiger partial charge in [0.25, 0.3) is 5.91 Å². The van der Waals surface area contributed by atoms with Crippen LogP contribution in [0.25, 0.3) is 0 Å². The van der Waals surface area contributed by atoms with Crippen LogP contribution in [0.2, 0.25) is 0 Å². The first-order valence-electron chi connectivity index (χ1n) is 5.85. The number of carboxylic acid groups (broad SMARTS) is 1. The maximum atomic E-state index is 11.8. The molecule has 18 heavy (non-hydrogen) atoms. The second-order valence-electron chi connectivity index (χ2n) is 4.60. The van der Waals surface area contributed by atoms with Gasteiger partial charge in [-0.2, -0.15) is 0 Å². The number of nitrogens with one attached hydrogen (secondary N) is 1. The van der Waals surface area contributed by atoms with E-state index < -0.39 is 12.1 Å². The highest BCUT2D eigenvalue weighted by Gasteiger charge is 2.39. The molecule has 7 nitrogen and oxygen atoms in total. The predicted molar refractivity (Wildman–Crippen MR) is 61.2 cm³/mol. The monoisotopic (exact) mass is 256 g/mol. The van der Waals surface area contributed by atoms with E-state index in [1.807, 2.05) is 0 Å². The van der Waals surface area contributed by atoms with Crippen molar-refractivity contribution < 1.29 is 24.3 Å². The average molecular weight is 256 g/mol. The predicted octanol–water partition coefficient (Wildman–Crippen LogP) is -0.0988. The van der Waals surface area contributed by atoms with Crippen LogP contribution in [0.15, 0.2) is 5.16 Å². The van der Waals surface area contributed by atoms with Gasteiger partial charge in [0.15, 0.2) is 5.71 Å². The summed E-state index contributed by atoms with van der Waals surface area (Å²) >= 11 is 0. The molecule has 2 rings (SSSR count). The number of aliphatic carboxylic acids is 1. The average Bonchev–Trinajstić information content (AvgIpc) is 2.77. The lowest BCUT2D eigenvalue weighted by atomic mass is 9.80. The van der Waals surface area contributed by atoms with Crippen LogP contribution in [-0.4, -0.2) is 48.1 Å². The fourth-order valence-corrected chi connectivity index (χ4v) is 2.03. The highest BCUT2D eigenvalue weighted by molar-refractivity contribution is 6.36. The zero-order chi connectivity index (χ0) is 13.2. The van der Waals surface area contributed by atoms with E-state index in [9.17, 15) is 9.59 Å². The second-order valence-corrected chi connectivity index (χ2v) is 4.60. The van der Waals surface area contributed by atoms with Crippen LogP contribution in [0.5, 0.6) is 0 Å². The smallest absolute Gasteiger partial charge is 0.353 e. The fraction of sp³-hybridized carbons (Fsp3) is 0.727. The van der Waals surface area contributed by atoms with Crippen molar-refractivity contribution in [2.45, 2.75) is 37.4 Å². The van der Waals surface area contributed by atoms with Crippen LogP contribution in [0.4, 0.5) is 0 Å². The van der Waals surface area contributed by atoms with E-state index in [-0.39, 0.29) is 23.6 Å². The van der Waals surface area contributed by atoms with E-state index in [4.69, 9.17) is 14.7 Å². The summed E-state index contributed by atoms with van der Waals surface area (Å²) in [4.78, 5) is 27.2. The molecule has 0 spiro atoms. The molecular weight excluding hydrogens is 240 g/mol. The molecule has 2 N–H and O–H groups in total. The summed E-state index contributed by atoms with van der Waals surface area (Å²) in [6.07, 6.45) is 2.10. The van der Waals surface area contributed by atoms with Gasteiger partial charge in [-0.15, -0.1) is 0 Å². The van der Waals surface area contributed by atoms with Gasteiger partial charge in [-0.3, -0.25) is 4.79 Å². The molecule has 0 bridgehead atoms.